The Morgan fingerprint density at radius 3 is 1.71 bits per heavy atom. The summed E-state index contributed by atoms with van der Waals surface area (Å²) in [5.74, 6) is 0. The Morgan fingerprint density at radius 1 is 1.29 bits per heavy atom. The Bertz CT molecular complexity index is 25.7. The molecule has 0 spiro atoms. The van der Waals surface area contributed by atoms with Crippen LogP contribution in [0.2, 0.25) is 8.94 Å². The quantitative estimate of drug-likeness (QED) is 0.632. The first-order valence-corrected chi connectivity index (χ1v) is 6.55. The van der Waals surface area contributed by atoms with Gasteiger partial charge in [0.1, 0.15) is 0 Å². The van der Waals surface area contributed by atoms with Crippen molar-refractivity contribution < 1.29 is 0 Å². The minimum atomic E-state index is 0.394. The van der Waals surface area contributed by atoms with Crippen LogP contribution in [0.1, 0.15) is 26.7 Å². The van der Waals surface area contributed by atoms with Crippen LogP contribution in [0.25, 0.3) is 0 Å². The fourth-order valence-electron chi connectivity index (χ4n) is 0.622. The van der Waals surface area contributed by atoms with Crippen LogP contribution in [0, 0.1) is 0 Å². The zero-order chi connectivity index (χ0) is 5.70. The maximum atomic E-state index is 2.39. The third-order valence-electron chi connectivity index (χ3n) is 1.24. The molecular weight excluding hydrogens is 200 g/mol. The van der Waals surface area contributed by atoms with Crippen molar-refractivity contribution >= 4 is 20.9 Å². The Kier molecular flexibility index (Phi) is 5.49. The van der Waals surface area contributed by atoms with Crippen LogP contribution in [-0.4, -0.2) is 20.9 Å². The van der Waals surface area contributed by atoms with E-state index in [1.54, 1.807) is 0 Å². The van der Waals surface area contributed by atoms with Gasteiger partial charge in [0.25, 0.3) is 0 Å². The van der Waals surface area contributed by atoms with Gasteiger partial charge in [-0.3, -0.25) is 0 Å². The van der Waals surface area contributed by atoms with Crippen molar-refractivity contribution in [3.05, 3.63) is 0 Å². The number of rotatable bonds is 3. The van der Waals surface area contributed by atoms with Crippen LogP contribution >= 0.6 is 0 Å². The van der Waals surface area contributed by atoms with Crippen LogP contribution in [0.4, 0.5) is 0 Å². The van der Waals surface area contributed by atoms with E-state index in [4.69, 9.17) is 0 Å². The fourth-order valence-corrected chi connectivity index (χ4v) is 2.52. The molecule has 0 rings (SSSR count). The van der Waals surface area contributed by atoms with E-state index in [1.165, 1.54) is 12.8 Å². The Balaban J connectivity index is 2.99. The zero-order valence-electron chi connectivity index (χ0n) is 5.40. The fraction of sp³-hybridized carbons (Fsp3) is 1.00. The van der Waals surface area contributed by atoms with Gasteiger partial charge in [0.2, 0.25) is 0 Å². The van der Waals surface area contributed by atoms with E-state index in [0.29, 0.717) is 20.9 Å². The van der Waals surface area contributed by atoms with Gasteiger partial charge in [-0.15, -0.1) is 0 Å². The van der Waals surface area contributed by atoms with E-state index in [-0.39, 0.29) is 0 Å². The monoisotopic (exact) mass is 216 g/mol. The molecule has 0 aliphatic rings. The van der Waals surface area contributed by atoms with Gasteiger partial charge in [-0.25, -0.2) is 0 Å². The SMILES string of the molecule is CCC(CC)[Te]C. The number of hydrogen-bond acceptors (Lipinski definition) is 0. The van der Waals surface area contributed by atoms with Gasteiger partial charge in [-0.2, -0.15) is 0 Å². The van der Waals surface area contributed by atoms with E-state index < -0.39 is 0 Å². The van der Waals surface area contributed by atoms with Gasteiger partial charge in [0.15, 0.2) is 0 Å². The van der Waals surface area contributed by atoms with Crippen molar-refractivity contribution in [1.82, 2.24) is 0 Å². The van der Waals surface area contributed by atoms with Gasteiger partial charge in [0, 0.05) is 0 Å². The summed E-state index contributed by atoms with van der Waals surface area (Å²) in [6.07, 6.45) is 2.82. The summed E-state index contributed by atoms with van der Waals surface area (Å²) in [5, 5.41) is 0. The predicted molar refractivity (Wildman–Crippen MR) is 35.9 cm³/mol. The van der Waals surface area contributed by atoms with Gasteiger partial charge in [-0.1, -0.05) is 0 Å². The zero-order valence-corrected chi connectivity index (χ0v) is 7.73. The Hall–Kier alpha value is 0.790. The molecule has 0 aliphatic heterocycles. The molecule has 44 valence electrons. The molecule has 0 saturated carbocycles. The second-order valence-electron chi connectivity index (χ2n) is 1.67. The molecule has 0 bridgehead atoms. The standard InChI is InChI=1S/C6H14Te/c1-4-6(5-2)7-3/h6H,4-5H2,1-3H3. The Labute approximate surface area is 56.8 Å². The normalized spacial score (nSPS) is 10.3. The first kappa shape index (κ1) is 7.79. The first-order chi connectivity index (χ1) is 3.35. The van der Waals surface area contributed by atoms with E-state index in [2.05, 4.69) is 18.8 Å². The van der Waals surface area contributed by atoms with Crippen LogP contribution < -0.4 is 0 Å². The summed E-state index contributed by atoms with van der Waals surface area (Å²) >= 11 is 0.394. The van der Waals surface area contributed by atoms with Gasteiger partial charge in [0.05, 0.1) is 0 Å². The second kappa shape index (κ2) is 4.94. The average Bonchev–Trinajstić information content (AvgIpc) is 1.72. The summed E-state index contributed by atoms with van der Waals surface area (Å²) in [6.45, 7) is 4.59. The molecule has 0 aromatic carbocycles. The second-order valence-corrected chi connectivity index (χ2v) is 4.92. The van der Waals surface area contributed by atoms with Crippen molar-refractivity contribution in [1.29, 1.82) is 0 Å². The Morgan fingerprint density at radius 2 is 1.71 bits per heavy atom. The average molecular weight is 214 g/mol. The van der Waals surface area contributed by atoms with Gasteiger partial charge >= 0.3 is 56.5 Å². The summed E-state index contributed by atoms with van der Waals surface area (Å²) in [7, 11) is 0. The molecule has 0 heterocycles. The minimum absolute atomic E-state index is 0.394. The molecule has 0 aliphatic carbocycles. The third kappa shape index (κ3) is 3.38. The van der Waals surface area contributed by atoms with Crippen LogP contribution in [0.5, 0.6) is 0 Å². The molecule has 0 unspecified atom stereocenters. The summed E-state index contributed by atoms with van der Waals surface area (Å²) in [6, 6.07) is 0. The van der Waals surface area contributed by atoms with Crippen LogP contribution in [-0.2, 0) is 0 Å². The van der Waals surface area contributed by atoms with Gasteiger partial charge in [-0.05, 0) is 0 Å². The third-order valence-corrected chi connectivity index (χ3v) is 5.05. The van der Waals surface area contributed by atoms with Crippen molar-refractivity contribution in [2.24, 2.45) is 0 Å². The molecule has 0 aromatic heterocycles. The molecule has 7 heavy (non-hydrogen) atoms. The molecule has 0 radical (unpaired) electrons. The van der Waals surface area contributed by atoms with Crippen LogP contribution in [0.15, 0.2) is 0 Å². The molecule has 0 aromatic rings. The van der Waals surface area contributed by atoms with Crippen molar-refractivity contribution in [2.75, 3.05) is 0 Å². The molecule has 1 heteroatoms. The van der Waals surface area contributed by atoms with E-state index >= 15 is 0 Å². The molecular formula is C6H14Te. The summed E-state index contributed by atoms with van der Waals surface area (Å²) in [5.41, 5.74) is 0. The van der Waals surface area contributed by atoms with Gasteiger partial charge < -0.3 is 0 Å². The van der Waals surface area contributed by atoms with Crippen LogP contribution in [0.3, 0.4) is 0 Å². The van der Waals surface area contributed by atoms with E-state index in [0.717, 1.165) is 3.97 Å². The van der Waals surface area contributed by atoms with E-state index in [9.17, 15) is 0 Å². The number of hydrogen-bond donors (Lipinski definition) is 0. The molecule has 0 fully saturated rings. The summed E-state index contributed by atoms with van der Waals surface area (Å²) in [4.78, 5) is 2.39. The molecule has 0 N–H and O–H groups in total. The van der Waals surface area contributed by atoms with Crippen molar-refractivity contribution in [3.8, 4) is 0 Å². The topological polar surface area (TPSA) is 0 Å². The van der Waals surface area contributed by atoms with Crippen molar-refractivity contribution in [2.45, 2.75) is 35.6 Å². The molecule has 0 atom stereocenters. The molecule has 0 nitrogen and oxygen atoms in total. The maximum absolute atomic E-state index is 2.39. The van der Waals surface area contributed by atoms with E-state index in [1.807, 2.05) is 0 Å². The molecule has 0 amide bonds. The summed E-state index contributed by atoms with van der Waals surface area (Å²) < 4.78 is 1.12. The first-order valence-electron chi connectivity index (χ1n) is 2.87. The van der Waals surface area contributed by atoms with Crippen molar-refractivity contribution in [3.63, 3.8) is 0 Å². The molecule has 0 saturated heterocycles. The predicted octanol–water partition coefficient (Wildman–Crippen LogP) is 2.35.